The summed E-state index contributed by atoms with van der Waals surface area (Å²) in [7, 11) is -3.83. The molecule has 0 aromatic heterocycles. The Balaban J connectivity index is 1.79. The molecule has 7 nitrogen and oxygen atoms in total. The number of hydrogen-bond donors (Lipinski definition) is 2. The summed E-state index contributed by atoms with van der Waals surface area (Å²) in [6, 6.07) is 4.72. The molecule has 1 heterocycles. The standard InChI is InChI=1S/C18H26ClN3O4S/c1-14(21-27(25,26)16-8-6-15(19)7-9-16)18(24)20-11-10-17(23)22-12-4-2-3-5-13-22/h6-9,14,21H,2-5,10-13H2,1H3,(H,20,24)/t14-/m0/s1. The lowest BCUT2D eigenvalue weighted by Crippen LogP contribution is -2.45. The van der Waals surface area contributed by atoms with Crippen molar-refractivity contribution < 1.29 is 18.0 Å². The van der Waals surface area contributed by atoms with Crippen LogP contribution in [0.15, 0.2) is 29.2 Å². The molecular weight excluding hydrogens is 390 g/mol. The first-order valence-electron chi connectivity index (χ1n) is 9.13. The van der Waals surface area contributed by atoms with Crippen LogP contribution in [0.5, 0.6) is 0 Å². The van der Waals surface area contributed by atoms with Gasteiger partial charge < -0.3 is 10.2 Å². The van der Waals surface area contributed by atoms with E-state index in [4.69, 9.17) is 11.6 Å². The van der Waals surface area contributed by atoms with Gasteiger partial charge in [0.2, 0.25) is 21.8 Å². The van der Waals surface area contributed by atoms with Gasteiger partial charge in [0.25, 0.3) is 0 Å². The molecule has 1 aromatic carbocycles. The molecule has 2 rings (SSSR count). The Morgan fingerprint density at radius 2 is 1.70 bits per heavy atom. The molecular formula is C18H26ClN3O4S. The van der Waals surface area contributed by atoms with Gasteiger partial charge in [0.15, 0.2) is 0 Å². The number of carbonyl (C=O) groups excluding carboxylic acids is 2. The van der Waals surface area contributed by atoms with Gasteiger partial charge in [0, 0.05) is 31.1 Å². The van der Waals surface area contributed by atoms with Crippen LogP contribution in [0.2, 0.25) is 5.02 Å². The smallest absolute Gasteiger partial charge is 0.241 e. The lowest BCUT2D eigenvalue weighted by molar-refractivity contribution is -0.131. The molecule has 0 spiro atoms. The first-order valence-corrected chi connectivity index (χ1v) is 11.0. The Morgan fingerprint density at radius 1 is 1.11 bits per heavy atom. The second-order valence-electron chi connectivity index (χ2n) is 6.63. The van der Waals surface area contributed by atoms with Gasteiger partial charge in [-0.1, -0.05) is 24.4 Å². The van der Waals surface area contributed by atoms with E-state index in [9.17, 15) is 18.0 Å². The minimum absolute atomic E-state index is 0.0200. The summed E-state index contributed by atoms with van der Waals surface area (Å²) in [5, 5.41) is 3.04. The van der Waals surface area contributed by atoms with Crippen molar-refractivity contribution in [1.82, 2.24) is 14.9 Å². The zero-order valence-corrected chi connectivity index (χ0v) is 17.0. The van der Waals surface area contributed by atoms with Gasteiger partial charge in [-0.15, -0.1) is 0 Å². The molecule has 1 atom stereocenters. The largest absolute Gasteiger partial charge is 0.354 e. The highest BCUT2D eigenvalue weighted by Gasteiger charge is 2.22. The summed E-state index contributed by atoms with van der Waals surface area (Å²) in [6.45, 7) is 3.18. The number of amides is 2. The van der Waals surface area contributed by atoms with Crippen LogP contribution in [0.4, 0.5) is 0 Å². The minimum atomic E-state index is -3.83. The molecule has 0 bridgehead atoms. The molecule has 9 heteroatoms. The van der Waals surface area contributed by atoms with E-state index in [1.165, 1.54) is 31.2 Å². The van der Waals surface area contributed by atoms with Gasteiger partial charge in [-0.05, 0) is 44.0 Å². The van der Waals surface area contributed by atoms with E-state index in [2.05, 4.69) is 10.0 Å². The molecule has 0 saturated carbocycles. The molecule has 0 radical (unpaired) electrons. The summed E-state index contributed by atoms with van der Waals surface area (Å²) in [4.78, 5) is 26.2. The maximum atomic E-state index is 12.3. The van der Waals surface area contributed by atoms with Crippen LogP contribution in [0.1, 0.15) is 39.0 Å². The lowest BCUT2D eigenvalue weighted by Gasteiger charge is -2.20. The van der Waals surface area contributed by atoms with Gasteiger partial charge in [-0.3, -0.25) is 9.59 Å². The molecule has 150 valence electrons. The lowest BCUT2D eigenvalue weighted by atomic mass is 10.2. The summed E-state index contributed by atoms with van der Waals surface area (Å²) >= 11 is 5.76. The number of sulfonamides is 1. The third-order valence-electron chi connectivity index (χ3n) is 4.45. The maximum absolute atomic E-state index is 12.3. The molecule has 27 heavy (non-hydrogen) atoms. The van der Waals surface area contributed by atoms with Crippen molar-refractivity contribution >= 4 is 33.4 Å². The highest BCUT2D eigenvalue weighted by Crippen LogP contribution is 2.14. The summed E-state index contributed by atoms with van der Waals surface area (Å²) < 4.78 is 26.9. The number of hydrogen-bond acceptors (Lipinski definition) is 4. The van der Waals surface area contributed by atoms with E-state index in [0.717, 1.165) is 38.8 Å². The summed E-state index contributed by atoms with van der Waals surface area (Å²) in [5.41, 5.74) is 0. The second-order valence-corrected chi connectivity index (χ2v) is 8.78. The minimum Gasteiger partial charge on any atom is -0.354 e. The van der Waals surface area contributed by atoms with Gasteiger partial charge >= 0.3 is 0 Å². The fourth-order valence-electron chi connectivity index (χ4n) is 2.89. The SMILES string of the molecule is C[C@H](NS(=O)(=O)c1ccc(Cl)cc1)C(=O)NCCC(=O)N1CCCCCC1. The zero-order chi connectivity index (χ0) is 19.9. The van der Waals surface area contributed by atoms with Crippen LogP contribution in [0.25, 0.3) is 0 Å². The predicted molar refractivity (Wildman–Crippen MR) is 104 cm³/mol. The van der Waals surface area contributed by atoms with E-state index in [0.29, 0.717) is 5.02 Å². The van der Waals surface area contributed by atoms with E-state index < -0.39 is 22.0 Å². The number of nitrogens with zero attached hydrogens (tertiary/aromatic N) is 1. The Labute approximate surface area is 165 Å². The molecule has 1 aliphatic rings. The number of benzene rings is 1. The van der Waals surface area contributed by atoms with Crippen molar-refractivity contribution in [1.29, 1.82) is 0 Å². The highest BCUT2D eigenvalue weighted by atomic mass is 35.5. The summed E-state index contributed by atoms with van der Waals surface area (Å²) in [6.07, 6.45) is 4.53. The summed E-state index contributed by atoms with van der Waals surface area (Å²) in [5.74, 6) is -0.456. The van der Waals surface area contributed by atoms with Crippen LogP contribution < -0.4 is 10.0 Å². The number of rotatable bonds is 7. The van der Waals surface area contributed by atoms with Crippen LogP contribution in [-0.4, -0.2) is 50.8 Å². The van der Waals surface area contributed by atoms with Crippen molar-refractivity contribution in [2.24, 2.45) is 0 Å². The monoisotopic (exact) mass is 415 g/mol. The van der Waals surface area contributed by atoms with Gasteiger partial charge in [0.1, 0.15) is 0 Å². The molecule has 0 aliphatic carbocycles. The Kier molecular flexibility index (Phi) is 8.07. The Bertz CT molecular complexity index is 744. The molecule has 1 aromatic rings. The van der Waals surface area contributed by atoms with E-state index in [1.54, 1.807) is 0 Å². The molecule has 1 fully saturated rings. The maximum Gasteiger partial charge on any atom is 0.241 e. The van der Waals surface area contributed by atoms with Gasteiger partial charge in [-0.2, -0.15) is 4.72 Å². The van der Waals surface area contributed by atoms with Crippen molar-refractivity contribution in [3.05, 3.63) is 29.3 Å². The van der Waals surface area contributed by atoms with Crippen molar-refractivity contribution in [2.75, 3.05) is 19.6 Å². The van der Waals surface area contributed by atoms with E-state index in [1.807, 2.05) is 4.90 Å². The van der Waals surface area contributed by atoms with Crippen LogP contribution in [0.3, 0.4) is 0 Å². The van der Waals surface area contributed by atoms with Crippen LogP contribution in [0, 0.1) is 0 Å². The Hall–Kier alpha value is -1.64. The van der Waals surface area contributed by atoms with Crippen molar-refractivity contribution in [2.45, 2.75) is 50.0 Å². The molecule has 2 amide bonds. The molecule has 0 unspecified atom stereocenters. The third kappa shape index (κ3) is 6.79. The zero-order valence-electron chi connectivity index (χ0n) is 15.4. The fraction of sp³-hybridized carbons (Fsp3) is 0.556. The second kappa shape index (κ2) is 10.1. The fourth-order valence-corrected chi connectivity index (χ4v) is 4.22. The average molecular weight is 416 g/mol. The van der Waals surface area contributed by atoms with Crippen molar-refractivity contribution in [3.8, 4) is 0 Å². The average Bonchev–Trinajstić information content (AvgIpc) is 2.91. The first-order chi connectivity index (χ1) is 12.8. The van der Waals surface area contributed by atoms with E-state index >= 15 is 0 Å². The normalized spacial score (nSPS) is 16.4. The quantitative estimate of drug-likeness (QED) is 0.711. The third-order valence-corrected chi connectivity index (χ3v) is 6.25. The topological polar surface area (TPSA) is 95.6 Å². The van der Waals surface area contributed by atoms with Crippen molar-refractivity contribution in [3.63, 3.8) is 0 Å². The van der Waals surface area contributed by atoms with Gasteiger partial charge in [0.05, 0.1) is 10.9 Å². The number of halogens is 1. The van der Waals surface area contributed by atoms with Crippen LogP contribution >= 0.6 is 11.6 Å². The molecule has 1 aliphatic heterocycles. The predicted octanol–water partition coefficient (Wildman–Crippen LogP) is 1.92. The number of likely N-dealkylation sites (tertiary alicyclic amines) is 1. The number of nitrogens with one attached hydrogen (secondary N) is 2. The Morgan fingerprint density at radius 3 is 2.30 bits per heavy atom. The van der Waals surface area contributed by atoms with Crippen LogP contribution in [-0.2, 0) is 19.6 Å². The number of carbonyl (C=O) groups is 2. The van der Waals surface area contributed by atoms with E-state index in [-0.39, 0.29) is 23.8 Å². The molecule has 1 saturated heterocycles. The van der Waals surface area contributed by atoms with Gasteiger partial charge in [-0.25, -0.2) is 8.42 Å². The first kappa shape index (κ1) is 21.7. The molecule has 2 N–H and O–H groups in total. The highest BCUT2D eigenvalue weighted by molar-refractivity contribution is 7.89.